The van der Waals surface area contributed by atoms with E-state index >= 15 is 0 Å². The van der Waals surface area contributed by atoms with Gasteiger partial charge in [-0.25, -0.2) is 0 Å². The Bertz CT molecular complexity index is 234. The Kier molecular flexibility index (Phi) is 2.26. The van der Waals surface area contributed by atoms with Crippen molar-refractivity contribution >= 4 is 20.9 Å². The van der Waals surface area contributed by atoms with Crippen molar-refractivity contribution in [1.29, 1.82) is 0 Å². The summed E-state index contributed by atoms with van der Waals surface area (Å²) in [5.41, 5.74) is 0. The number of carbonyl (C=O) groups is 1. The van der Waals surface area contributed by atoms with Gasteiger partial charge in [-0.1, -0.05) is 5.82 Å². The second-order valence-electron chi connectivity index (χ2n) is 4.24. The molecule has 2 aliphatic rings. The highest BCUT2D eigenvalue weighted by Gasteiger charge is 2.59. The van der Waals surface area contributed by atoms with E-state index in [2.05, 4.69) is 5.32 Å². The maximum Gasteiger partial charge on any atom is 0.122 e. The Labute approximate surface area is 81.5 Å². The molecule has 13 heavy (non-hydrogen) atoms. The Morgan fingerprint density at radius 2 is 2.54 bits per heavy atom. The lowest BCUT2D eigenvalue weighted by Gasteiger charge is -2.26. The van der Waals surface area contributed by atoms with E-state index in [1.165, 1.54) is 0 Å². The first-order chi connectivity index (χ1) is 6.18. The second kappa shape index (κ2) is 3.16. The molecule has 1 N–H and O–H groups in total. The molecule has 2 nitrogen and oxygen atoms in total. The molecule has 2 rings (SSSR count). The number of rotatable bonds is 3. The van der Waals surface area contributed by atoms with Crippen molar-refractivity contribution in [2.45, 2.75) is 30.3 Å². The van der Waals surface area contributed by atoms with Gasteiger partial charge in [0, 0.05) is 6.42 Å². The van der Waals surface area contributed by atoms with Gasteiger partial charge >= 0.3 is 0 Å². The van der Waals surface area contributed by atoms with Gasteiger partial charge in [-0.3, -0.25) is 0 Å². The maximum absolute atomic E-state index is 11.4. The lowest BCUT2D eigenvalue weighted by Crippen LogP contribution is -2.22. The van der Waals surface area contributed by atoms with Crippen molar-refractivity contribution in [3.05, 3.63) is 0 Å². The molecule has 0 aromatic rings. The number of carbonyl (C=O) groups excluding carboxylic acids is 1. The third kappa shape index (κ3) is 1.45. The molecule has 67 valence electrons. The van der Waals surface area contributed by atoms with Crippen molar-refractivity contribution < 1.29 is 4.79 Å². The molecule has 4 heteroatoms. The number of ketones is 1. The summed E-state index contributed by atoms with van der Waals surface area (Å²) in [7, 11) is 9.92. The van der Waals surface area contributed by atoms with Crippen LogP contribution < -0.4 is 5.32 Å². The van der Waals surface area contributed by atoms with Crippen LogP contribution in [0.2, 0.25) is 11.0 Å². The standard InChI is InChI=1S/C9H14B2NO/c1-12-5-4-6-2-3-7(13)9(10)8(6)11-9/h6,8,12H,2-5H2,1H3. The lowest BCUT2D eigenvalue weighted by atomic mass is 9.65. The molecule has 0 aromatic carbocycles. The summed E-state index contributed by atoms with van der Waals surface area (Å²) < 4.78 is 0. The van der Waals surface area contributed by atoms with Crippen LogP contribution in [0.3, 0.4) is 0 Å². The van der Waals surface area contributed by atoms with Gasteiger partial charge in [0.15, 0.2) is 0 Å². The number of fused-ring (bicyclic) bond motifs is 1. The van der Waals surface area contributed by atoms with Crippen molar-refractivity contribution in [3.8, 4) is 0 Å². The molecule has 1 saturated carbocycles. The first-order valence-electron chi connectivity index (χ1n) is 5.01. The lowest BCUT2D eigenvalue weighted by molar-refractivity contribution is -0.120. The molecule has 3 atom stereocenters. The molecule has 3 unspecified atom stereocenters. The Balaban J connectivity index is 1.92. The summed E-state index contributed by atoms with van der Waals surface area (Å²) >= 11 is 0. The highest BCUT2D eigenvalue weighted by atomic mass is 16.1. The SMILES string of the molecule is [B]C12[B]C1C(CCNC)CCC2=O. The van der Waals surface area contributed by atoms with Gasteiger partial charge in [-0.05, 0) is 37.6 Å². The molecule has 2 fully saturated rings. The summed E-state index contributed by atoms with van der Waals surface area (Å²) in [6, 6.07) is 0. The van der Waals surface area contributed by atoms with Crippen molar-refractivity contribution in [2.75, 3.05) is 13.6 Å². The van der Waals surface area contributed by atoms with Gasteiger partial charge in [-0.15, -0.1) is 0 Å². The predicted octanol–water partition coefficient (Wildman–Crippen LogP) is 0.366. The van der Waals surface area contributed by atoms with E-state index in [1.54, 1.807) is 0 Å². The molecule has 0 spiro atoms. The Morgan fingerprint density at radius 3 is 3.23 bits per heavy atom. The van der Waals surface area contributed by atoms with Crippen LogP contribution in [0, 0.1) is 5.92 Å². The smallest absolute Gasteiger partial charge is 0.122 e. The molecule has 1 aliphatic carbocycles. The molecular weight excluding hydrogens is 160 g/mol. The van der Waals surface area contributed by atoms with Crippen LogP contribution in [-0.2, 0) is 4.79 Å². The third-order valence-corrected chi connectivity index (χ3v) is 3.40. The molecule has 0 amide bonds. The minimum atomic E-state index is -0.517. The van der Waals surface area contributed by atoms with Crippen LogP contribution in [0.25, 0.3) is 0 Å². The Hall–Kier alpha value is -0.240. The van der Waals surface area contributed by atoms with E-state index in [-0.39, 0.29) is 5.78 Å². The fourth-order valence-electron chi connectivity index (χ4n) is 2.42. The first kappa shape index (κ1) is 9.32. The van der Waals surface area contributed by atoms with Crippen LogP contribution in [0.5, 0.6) is 0 Å². The Morgan fingerprint density at radius 1 is 1.77 bits per heavy atom. The zero-order valence-electron chi connectivity index (χ0n) is 8.05. The van der Waals surface area contributed by atoms with E-state index in [0.717, 1.165) is 19.4 Å². The van der Waals surface area contributed by atoms with Crippen LogP contribution in [0.1, 0.15) is 19.3 Å². The maximum atomic E-state index is 11.4. The predicted molar refractivity (Wildman–Crippen MR) is 54.2 cm³/mol. The molecule has 1 aliphatic heterocycles. The van der Waals surface area contributed by atoms with Gasteiger partial charge in [0.25, 0.3) is 0 Å². The van der Waals surface area contributed by atoms with Crippen LogP contribution in [0.15, 0.2) is 0 Å². The highest BCUT2D eigenvalue weighted by Crippen LogP contribution is 2.63. The molecule has 0 bridgehead atoms. The molecule has 1 saturated heterocycles. The van der Waals surface area contributed by atoms with Gasteiger partial charge in [0.1, 0.15) is 13.1 Å². The zero-order chi connectivity index (χ0) is 9.47. The van der Waals surface area contributed by atoms with E-state index < -0.39 is 5.21 Å². The fraction of sp³-hybridized carbons (Fsp3) is 0.889. The van der Waals surface area contributed by atoms with Crippen LogP contribution >= 0.6 is 0 Å². The fourth-order valence-corrected chi connectivity index (χ4v) is 2.42. The molecule has 0 aromatic heterocycles. The number of hydrogen-bond donors (Lipinski definition) is 1. The third-order valence-electron chi connectivity index (χ3n) is 3.40. The van der Waals surface area contributed by atoms with E-state index in [4.69, 9.17) is 7.85 Å². The topological polar surface area (TPSA) is 29.1 Å². The monoisotopic (exact) mass is 174 g/mol. The van der Waals surface area contributed by atoms with Gasteiger partial charge in [-0.2, -0.15) is 0 Å². The first-order valence-corrected chi connectivity index (χ1v) is 5.01. The minimum Gasteiger partial charge on any atom is -0.320 e. The van der Waals surface area contributed by atoms with Crippen molar-refractivity contribution in [2.24, 2.45) is 5.92 Å². The van der Waals surface area contributed by atoms with Gasteiger partial charge in [0.05, 0.1) is 7.85 Å². The van der Waals surface area contributed by atoms with Crippen molar-refractivity contribution in [1.82, 2.24) is 5.32 Å². The normalized spacial score (nSPS) is 42.4. The summed E-state index contributed by atoms with van der Waals surface area (Å²) in [5.74, 6) is 1.26. The number of Topliss-reactive ketones (excluding diaryl/α,β-unsaturated/α-hetero) is 1. The summed E-state index contributed by atoms with van der Waals surface area (Å²) in [6.07, 6.45) is 2.85. The average molecular weight is 174 g/mol. The number of hydrogen-bond acceptors (Lipinski definition) is 2. The summed E-state index contributed by atoms with van der Waals surface area (Å²) in [6.45, 7) is 1.03. The van der Waals surface area contributed by atoms with Crippen LogP contribution in [-0.4, -0.2) is 34.5 Å². The molecule has 3 radical (unpaired) electrons. The summed E-state index contributed by atoms with van der Waals surface area (Å²) in [5, 5.41) is 2.62. The second-order valence-corrected chi connectivity index (χ2v) is 4.24. The van der Waals surface area contributed by atoms with E-state index in [9.17, 15) is 4.79 Å². The van der Waals surface area contributed by atoms with Gasteiger partial charge < -0.3 is 10.1 Å². The van der Waals surface area contributed by atoms with Crippen molar-refractivity contribution in [3.63, 3.8) is 0 Å². The molecule has 1 heterocycles. The zero-order valence-corrected chi connectivity index (χ0v) is 8.05. The summed E-state index contributed by atoms with van der Waals surface area (Å²) in [4.78, 5) is 11.4. The quantitative estimate of drug-likeness (QED) is 0.625. The highest BCUT2D eigenvalue weighted by molar-refractivity contribution is 6.77. The average Bonchev–Trinajstić information content (AvgIpc) is 2.79. The van der Waals surface area contributed by atoms with Gasteiger partial charge in [0.2, 0.25) is 0 Å². The van der Waals surface area contributed by atoms with Crippen LogP contribution in [0.4, 0.5) is 0 Å². The van der Waals surface area contributed by atoms with E-state index in [0.29, 0.717) is 18.2 Å². The number of nitrogens with one attached hydrogen (secondary N) is 1. The largest absolute Gasteiger partial charge is 0.320 e. The minimum absolute atomic E-state index is 0.248. The molecular formula is C9H14B2NO. The van der Waals surface area contributed by atoms with E-state index in [1.807, 2.05) is 14.3 Å².